The third-order valence-corrected chi connectivity index (χ3v) is 5.40. The highest BCUT2D eigenvalue weighted by Crippen LogP contribution is 2.38. The maximum atomic E-state index is 13.7. The van der Waals surface area contributed by atoms with Gasteiger partial charge in [-0.25, -0.2) is 14.0 Å². The van der Waals surface area contributed by atoms with Crippen molar-refractivity contribution < 1.29 is 23.5 Å². The molecule has 0 aromatic heterocycles. The second-order valence-corrected chi connectivity index (χ2v) is 7.40. The highest BCUT2D eigenvalue weighted by atomic mass is 79.9. The van der Waals surface area contributed by atoms with Gasteiger partial charge in [-0.2, -0.15) is 0 Å². The van der Waals surface area contributed by atoms with E-state index in [-0.39, 0.29) is 11.7 Å². The summed E-state index contributed by atoms with van der Waals surface area (Å²) >= 11 is 3.11. The molecule has 1 aromatic carbocycles. The minimum atomic E-state index is -0.932. The monoisotopic (exact) mass is 412 g/mol. The maximum Gasteiger partial charge on any atom is 0.331 e. The number of carbonyl (C=O) groups is 3. The average molecular weight is 413 g/mol. The summed E-state index contributed by atoms with van der Waals surface area (Å²) in [6.45, 7) is 1.38. The SMILES string of the molecule is CC1CCCCC12NC(=O)N(CC(=O)Oc1ccc(Br)cc1F)C2=O. The first-order chi connectivity index (χ1) is 11.8. The summed E-state index contributed by atoms with van der Waals surface area (Å²) in [4.78, 5) is 37.9. The number of ether oxygens (including phenoxy) is 1. The van der Waals surface area contributed by atoms with Gasteiger partial charge < -0.3 is 10.1 Å². The molecular formula is C17H18BrFN2O4. The van der Waals surface area contributed by atoms with Crippen molar-refractivity contribution >= 4 is 33.8 Å². The fourth-order valence-electron chi connectivity index (χ4n) is 3.48. The van der Waals surface area contributed by atoms with E-state index < -0.39 is 35.8 Å². The minimum Gasteiger partial charge on any atom is -0.422 e. The van der Waals surface area contributed by atoms with Crippen LogP contribution in [0.15, 0.2) is 22.7 Å². The number of hydrogen-bond donors (Lipinski definition) is 1. The van der Waals surface area contributed by atoms with Gasteiger partial charge in [0, 0.05) is 4.47 Å². The molecule has 25 heavy (non-hydrogen) atoms. The number of halogens is 2. The van der Waals surface area contributed by atoms with E-state index in [1.807, 2.05) is 6.92 Å². The molecule has 3 rings (SSSR count). The van der Waals surface area contributed by atoms with E-state index >= 15 is 0 Å². The molecule has 134 valence electrons. The van der Waals surface area contributed by atoms with E-state index in [1.165, 1.54) is 12.1 Å². The van der Waals surface area contributed by atoms with Crippen molar-refractivity contribution in [3.8, 4) is 5.75 Å². The lowest BCUT2D eigenvalue weighted by Gasteiger charge is -2.36. The standard InChI is InChI=1S/C17H18BrFN2O4/c1-10-4-2-3-7-17(10)15(23)21(16(24)20-17)9-14(22)25-13-6-5-11(18)8-12(13)19/h5-6,8,10H,2-4,7,9H2,1H3,(H,20,24). The van der Waals surface area contributed by atoms with Crippen LogP contribution in [-0.4, -0.2) is 34.9 Å². The summed E-state index contributed by atoms with van der Waals surface area (Å²) < 4.78 is 19.2. The fourth-order valence-corrected chi connectivity index (χ4v) is 3.81. The third-order valence-electron chi connectivity index (χ3n) is 4.91. The predicted molar refractivity (Wildman–Crippen MR) is 90.3 cm³/mol. The Labute approximate surface area is 152 Å². The molecule has 0 radical (unpaired) electrons. The molecule has 1 spiro atoms. The summed E-state index contributed by atoms with van der Waals surface area (Å²) in [5, 5.41) is 2.76. The van der Waals surface area contributed by atoms with Gasteiger partial charge in [-0.15, -0.1) is 0 Å². The molecule has 2 unspecified atom stereocenters. The number of urea groups is 1. The first-order valence-electron chi connectivity index (χ1n) is 8.13. The molecule has 1 aromatic rings. The number of nitrogens with one attached hydrogen (secondary N) is 1. The molecule has 6 nitrogen and oxygen atoms in total. The molecule has 1 heterocycles. The largest absolute Gasteiger partial charge is 0.422 e. The van der Waals surface area contributed by atoms with Crippen molar-refractivity contribution in [1.29, 1.82) is 0 Å². The summed E-state index contributed by atoms with van der Waals surface area (Å²) in [6.07, 6.45) is 3.26. The minimum absolute atomic E-state index is 0.00244. The van der Waals surface area contributed by atoms with Gasteiger partial charge >= 0.3 is 12.0 Å². The van der Waals surface area contributed by atoms with E-state index in [4.69, 9.17) is 4.74 Å². The number of hydrogen-bond acceptors (Lipinski definition) is 4. The first kappa shape index (κ1) is 17.8. The number of carbonyl (C=O) groups excluding carboxylic acids is 3. The fraction of sp³-hybridized carbons (Fsp3) is 0.471. The number of rotatable bonds is 3. The van der Waals surface area contributed by atoms with E-state index in [0.717, 1.165) is 30.2 Å². The second-order valence-electron chi connectivity index (χ2n) is 6.49. The topological polar surface area (TPSA) is 75.7 Å². The normalized spacial score (nSPS) is 26.0. The van der Waals surface area contributed by atoms with Crippen LogP contribution < -0.4 is 10.1 Å². The van der Waals surface area contributed by atoms with Gasteiger partial charge in [-0.05, 0) is 37.0 Å². The Hall–Kier alpha value is -1.96. The Morgan fingerprint density at radius 3 is 2.88 bits per heavy atom. The van der Waals surface area contributed by atoms with Crippen LogP contribution in [-0.2, 0) is 9.59 Å². The van der Waals surface area contributed by atoms with Gasteiger partial charge in [-0.3, -0.25) is 9.69 Å². The number of imide groups is 1. The van der Waals surface area contributed by atoms with Crippen molar-refractivity contribution in [3.63, 3.8) is 0 Å². The van der Waals surface area contributed by atoms with Gasteiger partial charge in [0.2, 0.25) is 0 Å². The lowest BCUT2D eigenvalue weighted by Crippen LogP contribution is -2.54. The lowest BCUT2D eigenvalue weighted by atomic mass is 9.73. The lowest BCUT2D eigenvalue weighted by molar-refractivity contribution is -0.142. The summed E-state index contributed by atoms with van der Waals surface area (Å²) in [6, 6.07) is 3.38. The number of nitrogens with zero attached hydrogens (tertiary/aromatic N) is 1. The third kappa shape index (κ3) is 3.27. The van der Waals surface area contributed by atoms with Crippen molar-refractivity contribution in [1.82, 2.24) is 10.2 Å². The molecule has 3 amide bonds. The number of amides is 3. The van der Waals surface area contributed by atoms with Crippen LogP contribution in [0.3, 0.4) is 0 Å². The van der Waals surface area contributed by atoms with Crippen molar-refractivity contribution in [2.45, 2.75) is 38.1 Å². The average Bonchev–Trinajstić information content (AvgIpc) is 2.78. The molecule has 8 heteroatoms. The summed E-state index contributed by atoms with van der Waals surface area (Å²) in [7, 11) is 0. The van der Waals surface area contributed by atoms with Crippen molar-refractivity contribution in [3.05, 3.63) is 28.5 Å². The number of benzene rings is 1. The van der Waals surface area contributed by atoms with E-state index in [9.17, 15) is 18.8 Å². The zero-order chi connectivity index (χ0) is 18.2. The molecule has 2 fully saturated rings. The maximum absolute atomic E-state index is 13.7. The molecule has 2 aliphatic rings. The molecule has 1 aliphatic carbocycles. The summed E-state index contributed by atoms with van der Waals surface area (Å²) in [5.41, 5.74) is -0.932. The van der Waals surface area contributed by atoms with Crippen LogP contribution in [0.2, 0.25) is 0 Å². The van der Waals surface area contributed by atoms with Gasteiger partial charge in [-0.1, -0.05) is 35.7 Å². The zero-order valence-corrected chi connectivity index (χ0v) is 15.3. The Bertz CT molecular complexity index is 741. The van der Waals surface area contributed by atoms with Crippen LogP contribution in [0.4, 0.5) is 9.18 Å². The number of esters is 1. The van der Waals surface area contributed by atoms with Gasteiger partial charge in [0.05, 0.1) is 0 Å². The van der Waals surface area contributed by atoms with Crippen LogP contribution >= 0.6 is 15.9 Å². The molecule has 1 saturated carbocycles. The van der Waals surface area contributed by atoms with Crippen molar-refractivity contribution in [2.24, 2.45) is 5.92 Å². The molecular weight excluding hydrogens is 395 g/mol. The quantitative estimate of drug-likeness (QED) is 0.470. The highest BCUT2D eigenvalue weighted by Gasteiger charge is 2.55. The second kappa shape index (κ2) is 6.74. The summed E-state index contributed by atoms with van der Waals surface area (Å²) in [5.74, 6) is -2.23. The Balaban J connectivity index is 1.71. The first-order valence-corrected chi connectivity index (χ1v) is 8.92. The Morgan fingerprint density at radius 1 is 1.44 bits per heavy atom. The van der Waals surface area contributed by atoms with Crippen LogP contribution in [0.5, 0.6) is 5.75 Å². The molecule has 1 N–H and O–H groups in total. The smallest absolute Gasteiger partial charge is 0.331 e. The van der Waals surface area contributed by atoms with Gasteiger partial charge in [0.15, 0.2) is 11.6 Å². The van der Waals surface area contributed by atoms with E-state index in [0.29, 0.717) is 10.9 Å². The highest BCUT2D eigenvalue weighted by molar-refractivity contribution is 9.10. The van der Waals surface area contributed by atoms with Crippen molar-refractivity contribution in [2.75, 3.05) is 6.54 Å². The predicted octanol–water partition coefficient (Wildman–Crippen LogP) is 2.99. The molecule has 0 bridgehead atoms. The molecule has 2 atom stereocenters. The molecule has 1 aliphatic heterocycles. The van der Waals surface area contributed by atoms with E-state index in [1.54, 1.807) is 0 Å². The van der Waals surface area contributed by atoms with Gasteiger partial charge in [0.25, 0.3) is 5.91 Å². The van der Waals surface area contributed by atoms with E-state index in [2.05, 4.69) is 21.2 Å². The Kier molecular flexibility index (Phi) is 4.81. The van der Waals surface area contributed by atoms with Crippen LogP contribution in [0, 0.1) is 11.7 Å². The zero-order valence-electron chi connectivity index (χ0n) is 13.7. The Morgan fingerprint density at radius 2 is 2.20 bits per heavy atom. The van der Waals surface area contributed by atoms with Crippen LogP contribution in [0.1, 0.15) is 32.6 Å². The van der Waals surface area contributed by atoms with Crippen LogP contribution in [0.25, 0.3) is 0 Å². The molecule has 1 saturated heterocycles. The van der Waals surface area contributed by atoms with Gasteiger partial charge in [0.1, 0.15) is 12.1 Å².